The third-order valence-electron chi connectivity index (χ3n) is 3.11. The minimum atomic E-state index is -0.152. The van der Waals surface area contributed by atoms with E-state index in [2.05, 4.69) is 5.32 Å². The van der Waals surface area contributed by atoms with Crippen LogP contribution in [0.15, 0.2) is 48.5 Å². The molecule has 0 atom stereocenters. The molecule has 0 spiro atoms. The van der Waals surface area contributed by atoms with Gasteiger partial charge in [0.2, 0.25) is 0 Å². The fraction of sp³-hybridized carbons (Fsp3) is 0.176. The molecular weight excluding hydrogens is 278 g/mol. The van der Waals surface area contributed by atoms with Crippen molar-refractivity contribution in [1.82, 2.24) is 4.90 Å². The van der Waals surface area contributed by atoms with Crippen LogP contribution in [0.1, 0.15) is 11.1 Å². The summed E-state index contributed by atoms with van der Waals surface area (Å²) in [4.78, 5) is 13.0. The molecule has 1 N–H and O–H groups in total. The average Bonchev–Trinajstić information content (AvgIpc) is 2.51. The smallest absolute Gasteiger partial charge is 0.321 e. The summed E-state index contributed by atoms with van der Waals surface area (Å²) in [7, 11) is 3.40. The molecule has 0 fully saturated rings. The molecule has 2 rings (SSSR count). The highest BCUT2D eigenvalue weighted by Gasteiger charge is 2.04. The zero-order valence-electron chi connectivity index (χ0n) is 12.5. The maximum Gasteiger partial charge on any atom is 0.321 e. The number of hydrogen-bond acceptors (Lipinski definition) is 3. The van der Waals surface area contributed by atoms with E-state index in [0.717, 1.165) is 23.2 Å². The molecule has 0 aliphatic rings. The zero-order chi connectivity index (χ0) is 15.9. The Morgan fingerprint density at radius 3 is 2.14 bits per heavy atom. The molecule has 2 aromatic carbocycles. The van der Waals surface area contributed by atoms with Crippen LogP contribution >= 0.6 is 0 Å². The van der Waals surface area contributed by atoms with Gasteiger partial charge in [0, 0.05) is 19.8 Å². The maximum absolute atomic E-state index is 11.6. The van der Waals surface area contributed by atoms with Crippen molar-refractivity contribution in [2.75, 3.05) is 19.4 Å². The lowest BCUT2D eigenvalue weighted by Gasteiger charge is -2.12. The minimum absolute atomic E-state index is 0.152. The first-order valence-electron chi connectivity index (χ1n) is 6.80. The van der Waals surface area contributed by atoms with E-state index in [1.807, 2.05) is 36.4 Å². The molecule has 0 unspecified atom stereocenters. The highest BCUT2D eigenvalue weighted by atomic mass is 16.5. The molecular formula is C17H17N3O2. The Morgan fingerprint density at radius 2 is 1.64 bits per heavy atom. The van der Waals surface area contributed by atoms with E-state index < -0.39 is 0 Å². The molecule has 0 saturated heterocycles. The lowest BCUT2D eigenvalue weighted by molar-refractivity contribution is 0.230. The zero-order valence-corrected chi connectivity index (χ0v) is 12.5. The van der Waals surface area contributed by atoms with Gasteiger partial charge in [0.1, 0.15) is 5.75 Å². The molecule has 0 aliphatic heterocycles. The Labute approximate surface area is 129 Å². The molecule has 112 valence electrons. The first-order chi connectivity index (χ1) is 10.6. The number of ether oxygens (including phenoxy) is 1. The van der Waals surface area contributed by atoms with Gasteiger partial charge in [-0.05, 0) is 41.8 Å². The second kappa shape index (κ2) is 7.14. The number of amides is 2. The summed E-state index contributed by atoms with van der Waals surface area (Å²) in [6.45, 7) is 0. The van der Waals surface area contributed by atoms with Crippen LogP contribution in [0.4, 0.5) is 10.5 Å². The van der Waals surface area contributed by atoms with Gasteiger partial charge >= 0.3 is 6.03 Å². The van der Waals surface area contributed by atoms with E-state index in [9.17, 15) is 4.79 Å². The van der Waals surface area contributed by atoms with Crippen LogP contribution in [0.3, 0.4) is 0 Å². The van der Waals surface area contributed by atoms with Crippen molar-refractivity contribution >= 4 is 11.7 Å². The molecule has 0 aliphatic carbocycles. The standard InChI is InChI=1S/C17H17N3O2/c1-20(2)17(21)19-15-7-3-13(4-8-15)11-14-5-9-16(10-6-14)22-12-18/h3-10H,11H2,1-2H3,(H,19,21). The number of nitrogens with zero attached hydrogens (tertiary/aromatic N) is 2. The summed E-state index contributed by atoms with van der Waals surface area (Å²) < 4.78 is 4.74. The Morgan fingerprint density at radius 1 is 1.09 bits per heavy atom. The van der Waals surface area contributed by atoms with Gasteiger partial charge in [-0.15, -0.1) is 5.26 Å². The van der Waals surface area contributed by atoms with Crippen molar-refractivity contribution in [2.45, 2.75) is 6.42 Å². The van der Waals surface area contributed by atoms with Crippen LogP contribution in [0.2, 0.25) is 0 Å². The number of anilines is 1. The second-order valence-corrected chi connectivity index (χ2v) is 5.04. The number of carbonyl (C=O) groups is 1. The Hall–Kier alpha value is -3.00. The SMILES string of the molecule is CN(C)C(=O)Nc1ccc(Cc2ccc(OC#N)cc2)cc1. The van der Waals surface area contributed by atoms with Crippen LogP contribution < -0.4 is 10.1 Å². The van der Waals surface area contributed by atoms with E-state index in [1.54, 1.807) is 32.5 Å². The Bertz CT molecular complexity index is 671. The van der Waals surface area contributed by atoms with Crippen LogP contribution in [-0.4, -0.2) is 25.0 Å². The van der Waals surface area contributed by atoms with E-state index in [1.165, 1.54) is 4.90 Å². The second-order valence-electron chi connectivity index (χ2n) is 5.04. The molecule has 5 heteroatoms. The first-order valence-corrected chi connectivity index (χ1v) is 6.80. The molecule has 2 aromatic rings. The number of urea groups is 1. The molecule has 0 radical (unpaired) electrons. The molecule has 0 aromatic heterocycles. The molecule has 0 bridgehead atoms. The fourth-order valence-corrected chi connectivity index (χ4v) is 1.90. The topological polar surface area (TPSA) is 65.4 Å². The third-order valence-corrected chi connectivity index (χ3v) is 3.11. The van der Waals surface area contributed by atoms with Crippen molar-refractivity contribution in [1.29, 1.82) is 5.26 Å². The third kappa shape index (κ3) is 4.25. The van der Waals surface area contributed by atoms with Crippen molar-refractivity contribution < 1.29 is 9.53 Å². The van der Waals surface area contributed by atoms with Gasteiger partial charge in [-0.2, -0.15) is 0 Å². The summed E-state index contributed by atoms with van der Waals surface area (Å²) in [5.74, 6) is 0.535. The highest BCUT2D eigenvalue weighted by molar-refractivity contribution is 5.88. The van der Waals surface area contributed by atoms with Crippen LogP contribution in [-0.2, 0) is 6.42 Å². The van der Waals surface area contributed by atoms with Crippen molar-refractivity contribution in [3.05, 3.63) is 59.7 Å². The van der Waals surface area contributed by atoms with Crippen molar-refractivity contribution in [3.63, 3.8) is 0 Å². The Kier molecular flexibility index (Phi) is 4.99. The van der Waals surface area contributed by atoms with Gasteiger partial charge in [0.05, 0.1) is 0 Å². The summed E-state index contributed by atoms with van der Waals surface area (Å²) >= 11 is 0. The van der Waals surface area contributed by atoms with Crippen molar-refractivity contribution in [3.8, 4) is 12.0 Å². The number of benzene rings is 2. The van der Waals surface area contributed by atoms with E-state index in [-0.39, 0.29) is 6.03 Å². The summed E-state index contributed by atoms with van der Waals surface area (Å²) in [6.07, 6.45) is 2.42. The van der Waals surface area contributed by atoms with Gasteiger partial charge in [0.25, 0.3) is 6.26 Å². The number of nitriles is 1. The van der Waals surface area contributed by atoms with E-state index >= 15 is 0 Å². The lowest BCUT2D eigenvalue weighted by atomic mass is 10.0. The average molecular weight is 295 g/mol. The molecule has 0 saturated carbocycles. The molecule has 22 heavy (non-hydrogen) atoms. The normalized spacial score (nSPS) is 9.68. The monoisotopic (exact) mass is 295 g/mol. The van der Waals surface area contributed by atoms with Gasteiger partial charge in [-0.1, -0.05) is 24.3 Å². The number of hydrogen-bond donors (Lipinski definition) is 1. The molecule has 5 nitrogen and oxygen atoms in total. The van der Waals surface area contributed by atoms with E-state index in [0.29, 0.717) is 5.75 Å². The van der Waals surface area contributed by atoms with Gasteiger partial charge in [-0.25, -0.2) is 4.79 Å². The quantitative estimate of drug-likeness (QED) is 0.881. The van der Waals surface area contributed by atoms with Crippen LogP contribution in [0.25, 0.3) is 0 Å². The van der Waals surface area contributed by atoms with Gasteiger partial charge < -0.3 is 15.0 Å². The van der Waals surface area contributed by atoms with Gasteiger partial charge in [0.15, 0.2) is 0 Å². The van der Waals surface area contributed by atoms with E-state index in [4.69, 9.17) is 10.00 Å². The Balaban J connectivity index is 1.99. The lowest BCUT2D eigenvalue weighted by Crippen LogP contribution is -2.27. The summed E-state index contributed by atoms with van der Waals surface area (Å²) in [5, 5.41) is 11.2. The summed E-state index contributed by atoms with van der Waals surface area (Å²) in [6, 6.07) is 14.9. The predicted octanol–water partition coefficient (Wildman–Crippen LogP) is 3.23. The van der Waals surface area contributed by atoms with Gasteiger partial charge in [-0.3, -0.25) is 0 Å². The predicted molar refractivity (Wildman–Crippen MR) is 84.6 cm³/mol. The van der Waals surface area contributed by atoms with Crippen LogP contribution in [0.5, 0.6) is 5.75 Å². The van der Waals surface area contributed by atoms with Crippen LogP contribution in [0, 0.1) is 11.5 Å². The first kappa shape index (κ1) is 15.4. The number of rotatable bonds is 4. The molecule has 0 heterocycles. The number of carbonyl (C=O) groups excluding carboxylic acids is 1. The highest BCUT2D eigenvalue weighted by Crippen LogP contribution is 2.17. The largest absolute Gasteiger partial charge is 0.388 e. The fourth-order valence-electron chi connectivity index (χ4n) is 1.90. The maximum atomic E-state index is 11.6. The molecule has 2 amide bonds. The minimum Gasteiger partial charge on any atom is -0.388 e. The summed E-state index contributed by atoms with van der Waals surface area (Å²) in [5.41, 5.74) is 3.02. The number of nitrogens with one attached hydrogen (secondary N) is 1. The van der Waals surface area contributed by atoms with Crippen molar-refractivity contribution in [2.24, 2.45) is 0 Å².